The van der Waals surface area contributed by atoms with Crippen LogP contribution in [-0.2, 0) is 0 Å². The average molecular weight is 373 g/mol. The maximum Gasteiger partial charge on any atom is 0.256 e. The Hall–Kier alpha value is -3.17. The van der Waals surface area contributed by atoms with Crippen molar-refractivity contribution in [2.24, 2.45) is 0 Å². The molecule has 0 aliphatic carbocycles. The van der Waals surface area contributed by atoms with Gasteiger partial charge in [-0.1, -0.05) is 66.2 Å². The number of halogens is 1. The van der Waals surface area contributed by atoms with Crippen molar-refractivity contribution in [2.45, 2.75) is 6.92 Å². The summed E-state index contributed by atoms with van der Waals surface area (Å²) in [4.78, 5) is 18.0. The van der Waals surface area contributed by atoms with Gasteiger partial charge in [0, 0.05) is 21.7 Å². The van der Waals surface area contributed by atoms with E-state index in [1.165, 1.54) is 0 Å². The van der Waals surface area contributed by atoms with Crippen LogP contribution in [0.5, 0.6) is 0 Å². The minimum atomic E-state index is -0.175. The van der Waals surface area contributed by atoms with E-state index in [1.807, 2.05) is 73.7 Å². The molecule has 0 atom stereocenters. The Morgan fingerprint density at radius 1 is 0.926 bits per heavy atom. The summed E-state index contributed by atoms with van der Waals surface area (Å²) in [7, 11) is 0. The minimum absolute atomic E-state index is 0.175. The van der Waals surface area contributed by atoms with E-state index in [0.29, 0.717) is 16.3 Å². The molecule has 0 radical (unpaired) electrons. The Bertz CT molecular complexity index is 1140. The van der Waals surface area contributed by atoms with Gasteiger partial charge in [0.15, 0.2) is 0 Å². The molecule has 0 unspecified atom stereocenters. The van der Waals surface area contributed by atoms with Crippen LogP contribution in [0.4, 0.5) is 5.69 Å². The van der Waals surface area contributed by atoms with Gasteiger partial charge in [-0.2, -0.15) is 0 Å². The summed E-state index contributed by atoms with van der Waals surface area (Å²) in [5.74, 6) is -0.175. The number of nitrogens with one attached hydrogen (secondary N) is 1. The van der Waals surface area contributed by atoms with Crippen LogP contribution in [0.2, 0.25) is 5.02 Å². The first-order valence-corrected chi connectivity index (χ1v) is 9.03. The topological polar surface area (TPSA) is 42.0 Å². The molecule has 0 spiro atoms. The molecule has 3 aromatic carbocycles. The second-order valence-electron chi connectivity index (χ2n) is 6.31. The van der Waals surface area contributed by atoms with Gasteiger partial charge in [-0.3, -0.25) is 4.79 Å². The number of carbonyl (C=O) groups is 1. The average Bonchev–Trinajstić information content (AvgIpc) is 2.68. The van der Waals surface area contributed by atoms with Crippen LogP contribution in [0.3, 0.4) is 0 Å². The first kappa shape index (κ1) is 17.3. The number of para-hydroxylation sites is 1. The van der Waals surface area contributed by atoms with Gasteiger partial charge >= 0.3 is 0 Å². The Morgan fingerprint density at radius 2 is 1.67 bits per heavy atom. The number of fused-ring (bicyclic) bond motifs is 1. The molecule has 0 fully saturated rings. The van der Waals surface area contributed by atoms with Crippen molar-refractivity contribution >= 4 is 34.1 Å². The smallest absolute Gasteiger partial charge is 0.256 e. The van der Waals surface area contributed by atoms with Crippen molar-refractivity contribution in [3.05, 3.63) is 95.0 Å². The number of nitrogens with zero attached hydrogens (tertiary/aromatic N) is 1. The van der Waals surface area contributed by atoms with Crippen LogP contribution in [0.1, 0.15) is 15.9 Å². The van der Waals surface area contributed by atoms with Crippen LogP contribution in [-0.4, -0.2) is 10.9 Å². The van der Waals surface area contributed by atoms with Crippen molar-refractivity contribution in [3.8, 4) is 11.3 Å². The second-order valence-corrected chi connectivity index (χ2v) is 6.74. The first-order chi connectivity index (χ1) is 13.1. The van der Waals surface area contributed by atoms with E-state index in [1.54, 1.807) is 12.1 Å². The van der Waals surface area contributed by atoms with Gasteiger partial charge in [0.05, 0.1) is 16.8 Å². The maximum atomic E-state index is 13.2. The molecule has 0 saturated heterocycles. The third-order valence-corrected chi connectivity index (χ3v) is 4.73. The fourth-order valence-corrected chi connectivity index (χ4v) is 3.43. The van der Waals surface area contributed by atoms with Gasteiger partial charge in [0.1, 0.15) is 0 Å². The molecule has 0 saturated carbocycles. The van der Waals surface area contributed by atoms with Gasteiger partial charge in [0.25, 0.3) is 5.91 Å². The minimum Gasteiger partial charge on any atom is -0.322 e. The van der Waals surface area contributed by atoms with Gasteiger partial charge in [-0.25, -0.2) is 4.98 Å². The number of anilines is 1. The predicted molar refractivity (Wildman–Crippen MR) is 111 cm³/mol. The van der Waals surface area contributed by atoms with Crippen LogP contribution >= 0.6 is 11.6 Å². The van der Waals surface area contributed by atoms with Crippen LogP contribution in [0.25, 0.3) is 22.2 Å². The lowest BCUT2D eigenvalue weighted by Gasteiger charge is -2.15. The number of hydrogen-bond acceptors (Lipinski definition) is 2. The zero-order chi connectivity index (χ0) is 18.8. The Morgan fingerprint density at radius 3 is 2.44 bits per heavy atom. The molecule has 3 nitrogen and oxygen atoms in total. The quantitative estimate of drug-likeness (QED) is 0.471. The van der Waals surface area contributed by atoms with Crippen molar-refractivity contribution in [2.75, 3.05) is 5.32 Å². The van der Waals surface area contributed by atoms with Gasteiger partial charge < -0.3 is 5.32 Å². The third kappa shape index (κ3) is 3.42. The normalized spacial score (nSPS) is 10.7. The Labute approximate surface area is 162 Å². The molecule has 4 aromatic rings. The van der Waals surface area contributed by atoms with Crippen molar-refractivity contribution in [3.63, 3.8) is 0 Å². The number of aromatic nitrogens is 1. The summed E-state index contributed by atoms with van der Waals surface area (Å²) in [6.07, 6.45) is 0. The number of hydrogen-bond donors (Lipinski definition) is 1. The fraction of sp³-hybridized carbons (Fsp3) is 0.0435. The zero-order valence-electron chi connectivity index (χ0n) is 14.7. The highest BCUT2D eigenvalue weighted by Crippen LogP contribution is 2.30. The monoisotopic (exact) mass is 372 g/mol. The molecule has 27 heavy (non-hydrogen) atoms. The van der Waals surface area contributed by atoms with Crippen LogP contribution in [0, 0.1) is 6.92 Å². The Balaban J connectivity index is 1.88. The van der Waals surface area contributed by atoms with Gasteiger partial charge in [-0.05, 0) is 36.8 Å². The molecular weight excluding hydrogens is 356 g/mol. The van der Waals surface area contributed by atoms with E-state index in [-0.39, 0.29) is 5.91 Å². The van der Waals surface area contributed by atoms with E-state index in [4.69, 9.17) is 16.6 Å². The molecule has 0 bridgehead atoms. The van der Waals surface area contributed by atoms with E-state index < -0.39 is 0 Å². The van der Waals surface area contributed by atoms with Crippen molar-refractivity contribution in [1.82, 2.24) is 4.98 Å². The van der Waals surface area contributed by atoms with Crippen LogP contribution < -0.4 is 5.32 Å². The molecule has 4 heteroatoms. The van der Waals surface area contributed by atoms with E-state index in [9.17, 15) is 4.79 Å². The lowest BCUT2D eigenvalue weighted by atomic mass is 9.97. The third-order valence-electron chi connectivity index (χ3n) is 4.49. The lowest BCUT2D eigenvalue weighted by molar-refractivity contribution is 0.102. The molecule has 1 heterocycles. The summed E-state index contributed by atoms with van der Waals surface area (Å²) in [6.45, 7) is 1.94. The largest absolute Gasteiger partial charge is 0.322 e. The fourth-order valence-electron chi connectivity index (χ4n) is 3.24. The summed E-state index contributed by atoms with van der Waals surface area (Å²) in [5, 5.41) is 4.37. The van der Waals surface area contributed by atoms with Gasteiger partial charge in [-0.15, -0.1) is 0 Å². The summed E-state index contributed by atoms with van der Waals surface area (Å²) in [6, 6.07) is 24.8. The summed E-state index contributed by atoms with van der Waals surface area (Å²) in [5.41, 5.74) is 4.72. The number of carbonyl (C=O) groups excluding carboxylic acids is 1. The molecular formula is C23H17ClN2O. The predicted octanol–water partition coefficient (Wildman–Crippen LogP) is 6.12. The van der Waals surface area contributed by atoms with E-state index in [2.05, 4.69) is 5.32 Å². The summed E-state index contributed by atoms with van der Waals surface area (Å²) >= 11 is 6.04. The number of amides is 1. The molecule has 1 N–H and O–H groups in total. The maximum absolute atomic E-state index is 13.2. The molecule has 0 aliphatic rings. The highest BCUT2D eigenvalue weighted by molar-refractivity contribution is 6.31. The van der Waals surface area contributed by atoms with Gasteiger partial charge in [0.2, 0.25) is 0 Å². The van der Waals surface area contributed by atoms with Crippen molar-refractivity contribution in [1.29, 1.82) is 0 Å². The molecule has 1 amide bonds. The SMILES string of the molecule is Cc1c(-c2ccccc2)nc2ccccc2c1C(=O)Nc1cccc(Cl)c1. The highest BCUT2D eigenvalue weighted by Gasteiger charge is 2.19. The number of pyridine rings is 1. The molecule has 1 aromatic heterocycles. The first-order valence-electron chi connectivity index (χ1n) is 8.65. The molecule has 0 aliphatic heterocycles. The Kier molecular flexibility index (Phi) is 4.61. The zero-order valence-corrected chi connectivity index (χ0v) is 15.5. The highest BCUT2D eigenvalue weighted by atomic mass is 35.5. The van der Waals surface area contributed by atoms with Crippen molar-refractivity contribution < 1.29 is 4.79 Å². The number of rotatable bonds is 3. The lowest BCUT2D eigenvalue weighted by Crippen LogP contribution is -2.15. The number of benzene rings is 3. The summed E-state index contributed by atoms with van der Waals surface area (Å²) < 4.78 is 0. The van der Waals surface area contributed by atoms with E-state index in [0.717, 1.165) is 27.7 Å². The molecule has 132 valence electrons. The van der Waals surface area contributed by atoms with E-state index >= 15 is 0 Å². The van der Waals surface area contributed by atoms with Crippen LogP contribution in [0.15, 0.2) is 78.9 Å². The standard InChI is InChI=1S/C23H17ClN2O/c1-15-21(23(27)25-18-11-7-10-17(24)14-18)19-12-5-6-13-20(19)26-22(15)16-8-3-2-4-9-16/h2-14H,1H3,(H,25,27). The molecule has 4 rings (SSSR count). The second kappa shape index (κ2) is 7.22.